The number of hydrogen-bond donors (Lipinski definition) is 2. The molecule has 1 rings (SSSR count). The maximum absolute atomic E-state index is 11.8. The molecule has 3 N–H and O–H groups in total. The van der Waals surface area contributed by atoms with Crippen LogP contribution >= 0.6 is 0 Å². The fourth-order valence-corrected chi connectivity index (χ4v) is 1.76. The number of rotatable bonds is 7. The molecule has 4 nitrogen and oxygen atoms in total. The van der Waals surface area contributed by atoms with Gasteiger partial charge in [-0.3, -0.25) is 4.79 Å². The number of benzene rings is 1. The summed E-state index contributed by atoms with van der Waals surface area (Å²) in [4.78, 5) is 14.1. The third kappa shape index (κ3) is 4.47. The van der Waals surface area contributed by atoms with Crippen LogP contribution in [0.4, 0.5) is 0 Å². The lowest BCUT2D eigenvalue weighted by molar-refractivity contribution is 0.0949. The molecule has 100 valence electrons. The van der Waals surface area contributed by atoms with E-state index in [0.29, 0.717) is 18.7 Å². The molecule has 18 heavy (non-hydrogen) atoms. The molecule has 0 unspecified atom stereocenters. The smallest absolute Gasteiger partial charge is 0.251 e. The van der Waals surface area contributed by atoms with Gasteiger partial charge in [-0.1, -0.05) is 26.0 Å². The number of carbonyl (C=O) groups excluding carboxylic acids is 1. The summed E-state index contributed by atoms with van der Waals surface area (Å²) in [7, 11) is 0. The van der Waals surface area contributed by atoms with E-state index in [1.165, 1.54) is 0 Å². The average molecular weight is 249 g/mol. The number of amides is 1. The normalized spacial score (nSPS) is 10.7. The van der Waals surface area contributed by atoms with Gasteiger partial charge in [0, 0.05) is 25.2 Å². The highest BCUT2D eigenvalue weighted by Gasteiger charge is 2.05. The molecule has 0 aromatic heterocycles. The van der Waals surface area contributed by atoms with Crippen molar-refractivity contribution in [3.63, 3.8) is 0 Å². The van der Waals surface area contributed by atoms with Gasteiger partial charge in [0.15, 0.2) is 0 Å². The SMILES string of the molecule is CCN(CC)CCNC(=O)c1ccc(CN)cc1. The summed E-state index contributed by atoms with van der Waals surface area (Å²) in [6.45, 7) is 8.34. The Morgan fingerprint density at radius 1 is 1.22 bits per heavy atom. The van der Waals surface area contributed by atoms with Crippen LogP contribution in [-0.4, -0.2) is 37.0 Å². The van der Waals surface area contributed by atoms with Gasteiger partial charge in [0.2, 0.25) is 0 Å². The zero-order valence-corrected chi connectivity index (χ0v) is 11.3. The monoisotopic (exact) mass is 249 g/mol. The van der Waals surface area contributed by atoms with Crippen molar-refractivity contribution >= 4 is 5.91 Å². The fourth-order valence-electron chi connectivity index (χ4n) is 1.76. The van der Waals surface area contributed by atoms with Crippen LogP contribution in [0, 0.1) is 0 Å². The minimum Gasteiger partial charge on any atom is -0.351 e. The van der Waals surface area contributed by atoms with E-state index in [1.807, 2.05) is 24.3 Å². The molecule has 1 aromatic carbocycles. The van der Waals surface area contributed by atoms with Crippen molar-refractivity contribution in [1.82, 2.24) is 10.2 Å². The summed E-state index contributed by atoms with van der Waals surface area (Å²) < 4.78 is 0. The number of carbonyl (C=O) groups is 1. The Bertz CT molecular complexity index is 358. The highest BCUT2D eigenvalue weighted by Crippen LogP contribution is 2.03. The summed E-state index contributed by atoms with van der Waals surface area (Å²) in [6, 6.07) is 7.41. The standard InChI is InChI=1S/C14H23N3O/c1-3-17(4-2)10-9-16-14(18)13-7-5-12(11-15)6-8-13/h5-8H,3-4,9-11,15H2,1-2H3,(H,16,18). The van der Waals surface area contributed by atoms with Gasteiger partial charge in [0.05, 0.1) is 0 Å². The van der Waals surface area contributed by atoms with E-state index < -0.39 is 0 Å². The summed E-state index contributed by atoms with van der Waals surface area (Å²) in [5, 5.41) is 2.92. The van der Waals surface area contributed by atoms with E-state index in [9.17, 15) is 4.79 Å². The van der Waals surface area contributed by atoms with Gasteiger partial charge >= 0.3 is 0 Å². The molecule has 0 bridgehead atoms. The molecule has 0 aliphatic carbocycles. The maximum atomic E-state index is 11.8. The highest BCUT2D eigenvalue weighted by molar-refractivity contribution is 5.94. The van der Waals surface area contributed by atoms with Crippen molar-refractivity contribution < 1.29 is 4.79 Å². The van der Waals surface area contributed by atoms with Crippen LogP contribution < -0.4 is 11.1 Å². The largest absolute Gasteiger partial charge is 0.351 e. The van der Waals surface area contributed by atoms with Crippen molar-refractivity contribution in [3.8, 4) is 0 Å². The van der Waals surface area contributed by atoms with E-state index in [-0.39, 0.29) is 5.91 Å². The van der Waals surface area contributed by atoms with Gasteiger partial charge < -0.3 is 16.0 Å². The number of likely N-dealkylation sites (N-methyl/N-ethyl adjacent to an activating group) is 1. The van der Waals surface area contributed by atoms with Gasteiger partial charge in [0.1, 0.15) is 0 Å². The van der Waals surface area contributed by atoms with Gasteiger partial charge in [0.25, 0.3) is 5.91 Å². The molecular formula is C14H23N3O. The second-order valence-corrected chi connectivity index (χ2v) is 4.18. The number of hydrogen-bond acceptors (Lipinski definition) is 3. The molecule has 0 radical (unpaired) electrons. The molecule has 0 aliphatic heterocycles. The van der Waals surface area contributed by atoms with Crippen molar-refractivity contribution in [1.29, 1.82) is 0 Å². The molecule has 1 aromatic rings. The highest BCUT2D eigenvalue weighted by atomic mass is 16.1. The van der Waals surface area contributed by atoms with Crippen LogP contribution in [0.5, 0.6) is 0 Å². The Morgan fingerprint density at radius 3 is 2.33 bits per heavy atom. The first-order valence-electron chi connectivity index (χ1n) is 6.50. The van der Waals surface area contributed by atoms with Gasteiger partial charge in [-0.15, -0.1) is 0 Å². The van der Waals surface area contributed by atoms with Crippen LogP contribution in [0.3, 0.4) is 0 Å². The molecule has 0 fully saturated rings. The maximum Gasteiger partial charge on any atom is 0.251 e. The summed E-state index contributed by atoms with van der Waals surface area (Å²) in [5.41, 5.74) is 7.24. The lowest BCUT2D eigenvalue weighted by Crippen LogP contribution is -2.34. The molecule has 0 heterocycles. The topological polar surface area (TPSA) is 58.4 Å². The lowest BCUT2D eigenvalue weighted by atomic mass is 10.1. The minimum atomic E-state index is -0.0225. The molecule has 0 saturated heterocycles. The summed E-state index contributed by atoms with van der Waals surface area (Å²) in [5.74, 6) is -0.0225. The number of nitrogens with one attached hydrogen (secondary N) is 1. The zero-order chi connectivity index (χ0) is 13.4. The zero-order valence-electron chi connectivity index (χ0n) is 11.3. The Labute approximate surface area is 109 Å². The minimum absolute atomic E-state index is 0.0225. The van der Waals surface area contributed by atoms with Gasteiger partial charge in [-0.2, -0.15) is 0 Å². The predicted molar refractivity (Wildman–Crippen MR) is 74.5 cm³/mol. The van der Waals surface area contributed by atoms with Gasteiger partial charge in [-0.25, -0.2) is 0 Å². The van der Waals surface area contributed by atoms with Crippen LogP contribution in [0.15, 0.2) is 24.3 Å². The Balaban J connectivity index is 2.40. The van der Waals surface area contributed by atoms with Crippen molar-refractivity contribution in [2.45, 2.75) is 20.4 Å². The van der Waals surface area contributed by atoms with Crippen molar-refractivity contribution in [2.75, 3.05) is 26.2 Å². The average Bonchev–Trinajstić information content (AvgIpc) is 2.43. The van der Waals surface area contributed by atoms with Crippen molar-refractivity contribution in [3.05, 3.63) is 35.4 Å². The fraction of sp³-hybridized carbons (Fsp3) is 0.500. The van der Waals surface area contributed by atoms with Gasteiger partial charge in [-0.05, 0) is 30.8 Å². The Morgan fingerprint density at radius 2 is 1.83 bits per heavy atom. The first-order chi connectivity index (χ1) is 8.71. The van der Waals surface area contributed by atoms with E-state index in [2.05, 4.69) is 24.1 Å². The molecule has 0 aliphatic rings. The van der Waals surface area contributed by atoms with Crippen molar-refractivity contribution in [2.24, 2.45) is 5.73 Å². The second-order valence-electron chi connectivity index (χ2n) is 4.18. The number of nitrogens with zero attached hydrogens (tertiary/aromatic N) is 1. The Hall–Kier alpha value is -1.39. The molecular weight excluding hydrogens is 226 g/mol. The Kier molecular flexibility index (Phi) is 6.39. The summed E-state index contributed by atoms with van der Waals surface area (Å²) >= 11 is 0. The third-order valence-electron chi connectivity index (χ3n) is 3.06. The van der Waals surface area contributed by atoms with E-state index >= 15 is 0 Å². The quantitative estimate of drug-likeness (QED) is 0.764. The first kappa shape index (κ1) is 14.7. The van der Waals surface area contributed by atoms with Crippen LogP contribution in [0.2, 0.25) is 0 Å². The molecule has 0 saturated carbocycles. The molecule has 4 heteroatoms. The predicted octanol–water partition coefficient (Wildman–Crippen LogP) is 1.22. The third-order valence-corrected chi connectivity index (χ3v) is 3.06. The van der Waals surface area contributed by atoms with E-state index in [1.54, 1.807) is 0 Å². The van der Waals surface area contributed by atoms with E-state index in [0.717, 1.165) is 25.2 Å². The van der Waals surface area contributed by atoms with Crippen LogP contribution in [0.25, 0.3) is 0 Å². The van der Waals surface area contributed by atoms with Crippen LogP contribution in [0.1, 0.15) is 29.8 Å². The molecule has 0 atom stereocenters. The molecule has 0 spiro atoms. The van der Waals surface area contributed by atoms with E-state index in [4.69, 9.17) is 5.73 Å². The number of nitrogens with two attached hydrogens (primary N) is 1. The second kappa shape index (κ2) is 7.84. The van der Waals surface area contributed by atoms with Crippen LogP contribution in [-0.2, 0) is 6.54 Å². The summed E-state index contributed by atoms with van der Waals surface area (Å²) in [6.07, 6.45) is 0. The first-order valence-corrected chi connectivity index (χ1v) is 6.50. The lowest BCUT2D eigenvalue weighted by Gasteiger charge is -2.17. The molecule has 1 amide bonds.